The highest BCUT2D eigenvalue weighted by molar-refractivity contribution is 5.85. The predicted octanol–water partition coefficient (Wildman–Crippen LogP) is 3.08. The molecule has 0 saturated carbocycles. The number of halogens is 2. The lowest BCUT2D eigenvalue weighted by atomic mass is 9.99. The minimum Gasteiger partial charge on any atom is -0.314 e. The van der Waals surface area contributed by atoms with Gasteiger partial charge < -0.3 is 5.32 Å². The smallest absolute Gasteiger partial charge is 0.126 e. The second kappa shape index (κ2) is 7.63. The highest BCUT2D eigenvalue weighted by atomic mass is 35.5. The molecule has 0 unspecified atom stereocenters. The zero-order chi connectivity index (χ0) is 13.0. The van der Waals surface area contributed by atoms with E-state index in [0.29, 0.717) is 5.56 Å². The first kappa shape index (κ1) is 16.2. The number of benzene rings is 1. The molecule has 1 aromatic carbocycles. The molecule has 1 fully saturated rings. The van der Waals surface area contributed by atoms with Gasteiger partial charge in [-0.3, -0.25) is 4.90 Å². The van der Waals surface area contributed by atoms with Gasteiger partial charge in [0.1, 0.15) is 5.82 Å². The Balaban J connectivity index is 0.00000180. The Labute approximate surface area is 121 Å². The minimum atomic E-state index is -0.114. The molecule has 1 heterocycles. The van der Waals surface area contributed by atoms with Gasteiger partial charge in [-0.2, -0.15) is 0 Å². The van der Waals surface area contributed by atoms with E-state index in [1.54, 1.807) is 13.0 Å². The van der Waals surface area contributed by atoms with Crippen LogP contribution in [0.1, 0.15) is 23.6 Å². The average molecular weight is 285 g/mol. The lowest BCUT2D eigenvalue weighted by Crippen LogP contribution is -2.45. The van der Waals surface area contributed by atoms with Gasteiger partial charge in [-0.05, 0) is 30.5 Å². The lowest BCUT2D eigenvalue weighted by molar-refractivity contribution is 0.174. The molecule has 4 heteroatoms. The summed E-state index contributed by atoms with van der Waals surface area (Å²) in [6, 6.07) is 5.82. The van der Waals surface area contributed by atoms with E-state index >= 15 is 0 Å². The second-order valence-electron chi connectivity index (χ2n) is 4.83. The van der Waals surface area contributed by atoms with E-state index in [4.69, 9.17) is 0 Å². The summed E-state index contributed by atoms with van der Waals surface area (Å²) in [7, 11) is 0. The van der Waals surface area contributed by atoms with Gasteiger partial charge in [0.05, 0.1) is 0 Å². The Hall–Kier alpha value is -0.900. The molecule has 2 nitrogen and oxygen atoms in total. The number of aryl methyl sites for hydroxylation is 1. The summed E-state index contributed by atoms with van der Waals surface area (Å²) in [6.45, 7) is 9.64. The summed E-state index contributed by atoms with van der Waals surface area (Å²) in [5.74, 6) is -0.114. The second-order valence-corrected chi connectivity index (χ2v) is 4.83. The topological polar surface area (TPSA) is 15.3 Å². The monoisotopic (exact) mass is 284 g/mol. The van der Waals surface area contributed by atoms with Crippen LogP contribution in [0.5, 0.6) is 0 Å². The Morgan fingerprint density at radius 3 is 2.68 bits per heavy atom. The van der Waals surface area contributed by atoms with Crippen molar-refractivity contribution in [2.75, 3.05) is 26.2 Å². The van der Waals surface area contributed by atoms with E-state index in [2.05, 4.69) is 16.8 Å². The highest BCUT2D eigenvalue weighted by Crippen LogP contribution is 2.26. The molecule has 1 atom stereocenters. The van der Waals surface area contributed by atoms with Crippen LogP contribution in [0, 0.1) is 12.7 Å². The number of hydrogen-bond acceptors (Lipinski definition) is 2. The van der Waals surface area contributed by atoms with Crippen LogP contribution in [0.3, 0.4) is 0 Å². The first-order valence-electron chi connectivity index (χ1n) is 6.54. The molecule has 1 aromatic rings. The van der Waals surface area contributed by atoms with Crippen molar-refractivity contribution < 1.29 is 4.39 Å². The first-order chi connectivity index (χ1) is 8.72. The normalized spacial score (nSPS) is 17.6. The van der Waals surface area contributed by atoms with E-state index in [-0.39, 0.29) is 24.3 Å². The van der Waals surface area contributed by atoms with Gasteiger partial charge in [-0.1, -0.05) is 18.2 Å². The molecule has 106 valence electrons. The van der Waals surface area contributed by atoms with Crippen molar-refractivity contribution in [3.63, 3.8) is 0 Å². The van der Waals surface area contributed by atoms with Crippen molar-refractivity contribution in [1.29, 1.82) is 0 Å². The molecule has 0 bridgehead atoms. The maximum absolute atomic E-state index is 13.7. The molecule has 0 radical (unpaired) electrons. The van der Waals surface area contributed by atoms with Crippen LogP contribution in [0.2, 0.25) is 0 Å². The third kappa shape index (κ3) is 4.03. The summed E-state index contributed by atoms with van der Waals surface area (Å²) in [5.41, 5.74) is 1.76. The number of rotatable bonds is 4. The van der Waals surface area contributed by atoms with Crippen molar-refractivity contribution in [3.8, 4) is 0 Å². The minimum absolute atomic E-state index is 0. The van der Waals surface area contributed by atoms with Crippen molar-refractivity contribution in [2.45, 2.75) is 19.4 Å². The van der Waals surface area contributed by atoms with E-state index in [9.17, 15) is 4.39 Å². The van der Waals surface area contributed by atoms with Gasteiger partial charge in [0, 0.05) is 32.2 Å². The summed E-state index contributed by atoms with van der Waals surface area (Å²) in [6.07, 6.45) is 2.78. The fraction of sp³-hybridized carbons (Fsp3) is 0.467. The molecule has 19 heavy (non-hydrogen) atoms. The van der Waals surface area contributed by atoms with Crippen molar-refractivity contribution >= 4 is 12.4 Å². The molecular formula is C15H22ClFN2. The van der Waals surface area contributed by atoms with Crippen LogP contribution in [-0.2, 0) is 0 Å². The molecular weight excluding hydrogens is 263 g/mol. The van der Waals surface area contributed by atoms with Crippen molar-refractivity contribution in [1.82, 2.24) is 10.2 Å². The Morgan fingerprint density at radius 2 is 2.11 bits per heavy atom. The molecule has 2 rings (SSSR count). The zero-order valence-corrected chi connectivity index (χ0v) is 12.2. The molecule has 1 saturated heterocycles. The van der Waals surface area contributed by atoms with Crippen LogP contribution in [0.4, 0.5) is 4.39 Å². The molecule has 0 aliphatic carbocycles. The maximum Gasteiger partial charge on any atom is 0.126 e. The number of nitrogens with zero attached hydrogens (tertiary/aromatic N) is 1. The van der Waals surface area contributed by atoms with E-state index in [1.165, 1.54) is 0 Å². The third-order valence-electron chi connectivity index (χ3n) is 3.56. The average Bonchev–Trinajstić information content (AvgIpc) is 2.40. The maximum atomic E-state index is 13.7. The molecule has 0 spiro atoms. The summed E-state index contributed by atoms with van der Waals surface area (Å²) >= 11 is 0. The van der Waals surface area contributed by atoms with Crippen LogP contribution >= 0.6 is 12.4 Å². The quantitative estimate of drug-likeness (QED) is 0.855. The number of nitrogens with one attached hydrogen (secondary N) is 1. The van der Waals surface area contributed by atoms with Gasteiger partial charge >= 0.3 is 0 Å². The van der Waals surface area contributed by atoms with E-state index < -0.39 is 0 Å². The van der Waals surface area contributed by atoms with Crippen LogP contribution < -0.4 is 5.32 Å². The van der Waals surface area contributed by atoms with Crippen LogP contribution in [0.15, 0.2) is 30.9 Å². The summed E-state index contributed by atoms with van der Waals surface area (Å²) in [4.78, 5) is 2.41. The van der Waals surface area contributed by atoms with E-state index in [0.717, 1.165) is 38.2 Å². The standard InChI is InChI=1S/C15H21FN2.ClH/c1-3-4-15(18-9-7-17-8-10-18)13-6-5-12(2)14(16)11-13;/h3,5-6,11,15,17H,1,4,7-10H2,2H3;1H/t15-;/m1./s1. The Bertz CT molecular complexity index is 417. The highest BCUT2D eigenvalue weighted by Gasteiger charge is 2.21. The molecule has 0 aromatic heterocycles. The van der Waals surface area contributed by atoms with Gasteiger partial charge in [0.15, 0.2) is 0 Å². The Morgan fingerprint density at radius 1 is 1.42 bits per heavy atom. The van der Waals surface area contributed by atoms with Crippen LogP contribution in [0.25, 0.3) is 0 Å². The summed E-state index contributed by atoms with van der Waals surface area (Å²) < 4.78 is 13.7. The first-order valence-corrected chi connectivity index (χ1v) is 6.54. The van der Waals surface area contributed by atoms with Crippen molar-refractivity contribution in [2.24, 2.45) is 0 Å². The molecule has 1 aliphatic heterocycles. The zero-order valence-electron chi connectivity index (χ0n) is 11.4. The predicted molar refractivity (Wildman–Crippen MR) is 80.4 cm³/mol. The fourth-order valence-electron chi connectivity index (χ4n) is 2.46. The third-order valence-corrected chi connectivity index (χ3v) is 3.56. The molecule has 0 amide bonds. The molecule has 1 N–H and O–H groups in total. The summed E-state index contributed by atoms with van der Waals surface area (Å²) in [5, 5.41) is 3.34. The van der Waals surface area contributed by atoms with E-state index in [1.807, 2.05) is 18.2 Å². The van der Waals surface area contributed by atoms with Gasteiger partial charge in [-0.25, -0.2) is 4.39 Å². The Kier molecular flexibility index (Phi) is 6.49. The lowest BCUT2D eigenvalue weighted by Gasteiger charge is -2.34. The van der Waals surface area contributed by atoms with Crippen LogP contribution in [-0.4, -0.2) is 31.1 Å². The molecule has 1 aliphatic rings. The fourth-order valence-corrected chi connectivity index (χ4v) is 2.46. The number of hydrogen-bond donors (Lipinski definition) is 1. The number of piperazine rings is 1. The van der Waals surface area contributed by atoms with Gasteiger partial charge in [0.2, 0.25) is 0 Å². The van der Waals surface area contributed by atoms with Crippen molar-refractivity contribution in [3.05, 3.63) is 47.8 Å². The van der Waals surface area contributed by atoms with Gasteiger partial charge in [0.25, 0.3) is 0 Å². The van der Waals surface area contributed by atoms with Gasteiger partial charge in [-0.15, -0.1) is 19.0 Å². The largest absolute Gasteiger partial charge is 0.314 e. The SMILES string of the molecule is C=CC[C@H](c1ccc(C)c(F)c1)N1CCNCC1.Cl.